The minimum atomic E-state index is -0.599. The molecule has 3 amide bonds. The van der Waals surface area contributed by atoms with Gasteiger partial charge in [-0.05, 0) is 6.42 Å². The van der Waals surface area contributed by atoms with Crippen LogP contribution in [0.1, 0.15) is 19.8 Å². The zero-order valence-electron chi connectivity index (χ0n) is 7.22. The molecule has 0 bridgehead atoms. The maximum absolute atomic E-state index is 10.9. The first kappa shape index (κ1) is 10.7. The van der Waals surface area contributed by atoms with E-state index in [1.807, 2.05) is 6.92 Å². The molecule has 0 radical (unpaired) electrons. The van der Waals surface area contributed by atoms with Crippen LogP contribution in [0, 0.1) is 0 Å². The molecule has 0 saturated heterocycles. The first-order chi connectivity index (χ1) is 5.66. The lowest BCUT2D eigenvalue weighted by atomic mass is 10.4. The lowest BCUT2D eigenvalue weighted by Crippen LogP contribution is -2.33. The Bertz CT molecular complexity index is 159. The highest BCUT2D eigenvalue weighted by molar-refractivity contribution is 5.77. The second-order valence-electron chi connectivity index (χ2n) is 2.39. The fourth-order valence-corrected chi connectivity index (χ4v) is 0.652. The predicted molar refractivity (Wildman–Crippen MR) is 45.5 cm³/mol. The van der Waals surface area contributed by atoms with Crippen LogP contribution in [0.5, 0.6) is 0 Å². The van der Waals surface area contributed by atoms with Gasteiger partial charge >= 0.3 is 6.03 Å². The Morgan fingerprint density at radius 3 is 2.42 bits per heavy atom. The van der Waals surface area contributed by atoms with E-state index in [-0.39, 0.29) is 12.3 Å². The first-order valence-corrected chi connectivity index (χ1v) is 3.96. The monoisotopic (exact) mass is 173 g/mol. The minimum Gasteiger partial charge on any atom is -0.356 e. The lowest BCUT2D eigenvalue weighted by Gasteiger charge is -2.02. The van der Waals surface area contributed by atoms with E-state index in [0.717, 1.165) is 6.42 Å². The summed E-state index contributed by atoms with van der Waals surface area (Å²) in [5.41, 5.74) is 4.80. The van der Waals surface area contributed by atoms with Crippen molar-refractivity contribution in [3.63, 3.8) is 0 Å². The van der Waals surface area contributed by atoms with Gasteiger partial charge in [0.2, 0.25) is 5.91 Å². The third-order valence-electron chi connectivity index (χ3n) is 1.22. The summed E-state index contributed by atoms with van der Waals surface area (Å²) in [5, 5.41) is 5.01. The Hall–Kier alpha value is -1.26. The normalized spacial score (nSPS) is 9.08. The van der Waals surface area contributed by atoms with Crippen LogP contribution < -0.4 is 16.4 Å². The number of hydrogen-bond donors (Lipinski definition) is 3. The molecule has 0 heterocycles. The Balaban J connectivity index is 3.25. The number of carbonyl (C=O) groups is 2. The third-order valence-corrected chi connectivity index (χ3v) is 1.22. The second kappa shape index (κ2) is 6.45. The number of urea groups is 1. The van der Waals surface area contributed by atoms with Crippen LogP contribution in [-0.2, 0) is 4.79 Å². The Morgan fingerprint density at radius 1 is 1.25 bits per heavy atom. The van der Waals surface area contributed by atoms with E-state index in [1.54, 1.807) is 0 Å². The molecule has 0 unspecified atom stereocenters. The summed E-state index contributed by atoms with van der Waals surface area (Å²) < 4.78 is 0. The number of amides is 3. The fraction of sp³-hybridized carbons (Fsp3) is 0.714. The molecule has 0 fully saturated rings. The zero-order valence-corrected chi connectivity index (χ0v) is 7.22. The van der Waals surface area contributed by atoms with E-state index in [0.29, 0.717) is 13.1 Å². The van der Waals surface area contributed by atoms with E-state index >= 15 is 0 Å². The molecule has 0 rings (SSSR count). The average molecular weight is 173 g/mol. The lowest BCUT2D eigenvalue weighted by molar-refractivity contribution is -0.120. The van der Waals surface area contributed by atoms with Crippen LogP contribution in [0.25, 0.3) is 0 Å². The molecule has 0 atom stereocenters. The molecule has 0 aliphatic carbocycles. The Labute approximate surface area is 71.7 Å². The van der Waals surface area contributed by atoms with Gasteiger partial charge in [-0.2, -0.15) is 0 Å². The Morgan fingerprint density at radius 2 is 1.92 bits per heavy atom. The van der Waals surface area contributed by atoms with Gasteiger partial charge in [-0.15, -0.1) is 0 Å². The number of nitrogens with two attached hydrogens (primary N) is 1. The summed E-state index contributed by atoms with van der Waals surface area (Å²) in [5.74, 6) is -0.0643. The van der Waals surface area contributed by atoms with Crippen LogP contribution in [-0.4, -0.2) is 25.0 Å². The van der Waals surface area contributed by atoms with Crippen molar-refractivity contribution in [2.24, 2.45) is 5.73 Å². The van der Waals surface area contributed by atoms with E-state index in [9.17, 15) is 9.59 Å². The van der Waals surface area contributed by atoms with Crippen molar-refractivity contribution in [1.82, 2.24) is 10.6 Å². The largest absolute Gasteiger partial charge is 0.356 e. The third kappa shape index (κ3) is 6.85. The highest BCUT2D eigenvalue weighted by atomic mass is 16.2. The molecule has 5 nitrogen and oxygen atoms in total. The van der Waals surface area contributed by atoms with Crippen LogP contribution in [0.3, 0.4) is 0 Å². The van der Waals surface area contributed by atoms with Gasteiger partial charge in [0.15, 0.2) is 0 Å². The van der Waals surface area contributed by atoms with Crippen molar-refractivity contribution in [3.05, 3.63) is 0 Å². The molecule has 0 aromatic heterocycles. The summed E-state index contributed by atoms with van der Waals surface area (Å²) in [6.45, 7) is 2.95. The van der Waals surface area contributed by atoms with Gasteiger partial charge in [0, 0.05) is 19.5 Å². The van der Waals surface area contributed by atoms with Gasteiger partial charge in [-0.25, -0.2) is 4.79 Å². The number of carbonyl (C=O) groups excluding carboxylic acids is 2. The molecule has 0 aliphatic heterocycles. The van der Waals surface area contributed by atoms with Crippen molar-refractivity contribution in [3.8, 4) is 0 Å². The van der Waals surface area contributed by atoms with Gasteiger partial charge in [0.05, 0.1) is 0 Å². The molecular formula is C7H15N3O2. The fourth-order valence-electron chi connectivity index (χ4n) is 0.652. The maximum atomic E-state index is 10.9. The van der Waals surface area contributed by atoms with Crippen LogP contribution in [0.4, 0.5) is 4.79 Å². The summed E-state index contributed by atoms with van der Waals surface area (Å²) in [6.07, 6.45) is 1.19. The molecule has 0 aromatic rings. The number of nitrogens with one attached hydrogen (secondary N) is 2. The van der Waals surface area contributed by atoms with Crippen LogP contribution >= 0.6 is 0 Å². The van der Waals surface area contributed by atoms with Crippen molar-refractivity contribution < 1.29 is 9.59 Å². The predicted octanol–water partition coefficient (Wildman–Crippen LogP) is -0.429. The highest BCUT2D eigenvalue weighted by Crippen LogP contribution is 1.78. The van der Waals surface area contributed by atoms with Gasteiger partial charge in [0.1, 0.15) is 0 Å². The number of rotatable bonds is 5. The molecule has 5 heteroatoms. The molecule has 0 spiro atoms. The molecule has 12 heavy (non-hydrogen) atoms. The molecule has 4 N–H and O–H groups in total. The quantitative estimate of drug-likeness (QED) is 0.527. The van der Waals surface area contributed by atoms with E-state index in [1.165, 1.54) is 0 Å². The minimum absolute atomic E-state index is 0.0643. The van der Waals surface area contributed by atoms with Crippen LogP contribution in [0.2, 0.25) is 0 Å². The number of primary amides is 1. The molecule has 70 valence electrons. The SMILES string of the molecule is CCCNC(=O)CCNC(N)=O. The van der Waals surface area contributed by atoms with Crippen LogP contribution in [0.15, 0.2) is 0 Å². The van der Waals surface area contributed by atoms with Gasteiger partial charge < -0.3 is 16.4 Å². The van der Waals surface area contributed by atoms with Crippen molar-refractivity contribution in [2.45, 2.75) is 19.8 Å². The molecule has 0 saturated carbocycles. The Kier molecular flexibility index (Phi) is 5.77. The average Bonchev–Trinajstić information content (AvgIpc) is 2.00. The molecular weight excluding hydrogens is 158 g/mol. The van der Waals surface area contributed by atoms with E-state index < -0.39 is 6.03 Å². The smallest absolute Gasteiger partial charge is 0.312 e. The molecule has 0 aliphatic rings. The van der Waals surface area contributed by atoms with E-state index in [4.69, 9.17) is 5.73 Å². The molecule has 0 aromatic carbocycles. The van der Waals surface area contributed by atoms with Crippen molar-refractivity contribution in [1.29, 1.82) is 0 Å². The zero-order chi connectivity index (χ0) is 9.40. The summed E-state index contributed by atoms with van der Waals surface area (Å²) in [6, 6.07) is -0.599. The van der Waals surface area contributed by atoms with Gasteiger partial charge in [0.25, 0.3) is 0 Å². The van der Waals surface area contributed by atoms with E-state index in [2.05, 4.69) is 10.6 Å². The first-order valence-electron chi connectivity index (χ1n) is 3.96. The van der Waals surface area contributed by atoms with Gasteiger partial charge in [-0.3, -0.25) is 4.79 Å². The topological polar surface area (TPSA) is 84.2 Å². The van der Waals surface area contributed by atoms with Gasteiger partial charge in [-0.1, -0.05) is 6.92 Å². The second-order valence-corrected chi connectivity index (χ2v) is 2.39. The standard InChI is InChI=1S/C7H15N3O2/c1-2-4-9-6(11)3-5-10-7(8)12/h2-5H2,1H3,(H,9,11)(H3,8,10,12). The summed E-state index contributed by atoms with van der Waals surface area (Å²) >= 11 is 0. The van der Waals surface area contributed by atoms with Crippen molar-refractivity contribution >= 4 is 11.9 Å². The summed E-state index contributed by atoms with van der Waals surface area (Å²) in [7, 11) is 0. The number of hydrogen-bond acceptors (Lipinski definition) is 2. The highest BCUT2D eigenvalue weighted by Gasteiger charge is 1.99. The maximum Gasteiger partial charge on any atom is 0.312 e. The van der Waals surface area contributed by atoms with Crippen molar-refractivity contribution in [2.75, 3.05) is 13.1 Å². The summed E-state index contributed by atoms with van der Waals surface area (Å²) in [4.78, 5) is 21.1.